The van der Waals surface area contributed by atoms with Crippen molar-refractivity contribution in [2.24, 2.45) is 0 Å². The van der Waals surface area contributed by atoms with Gasteiger partial charge in [-0.25, -0.2) is 4.98 Å². The minimum atomic E-state index is 0.283. The Bertz CT molecular complexity index is 518. The van der Waals surface area contributed by atoms with Crippen LogP contribution in [0.5, 0.6) is 0 Å². The van der Waals surface area contributed by atoms with E-state index in [0.29, 0.717) is 0 Å². The second kappa shape index (κ2) is 6.48. The molecule has 4 heteroatoms. The molecule has 0 spiro atoms. The first-order valence-corrected chi connectivity index (χ1v) is 6.91. The summed E-state index contributed by atoms with van der Waals surface area (Å²) in [5.41, 5.74) is 2.75. The molecule has 0 saturated heterocycles. The van der Waals surface area contributed by atoms with Crippen LogP contribution < -0.4 is 5.32 Å². The van der Waals surface area contributed by atoms with Crippen LogP contribution >= 0.6 is 0 Å². The number of rotatable bonds is 6. The first-order chi connectivity index (χ1) is 9.30. The molecule has 0 amide bonds. The first-order valence-electron chi connectivity index (χ1n) is 6.91. The molecule has 1 atom stereocenters. The van der Waals surface area contributed by atoms with E-state index in [-0.39, 0.29) is 6.04 Å². The van der Waals surface area contributed by atoms with Gasteiger partial charge in [-0.1, -0.05) is 31.2 Å². The van der Waals surface area contributed by atoms with Crippen LogP contribution in [0.2, 0.25) is 0 Å². The molecule has 0 fully saturated rings. The van der Waals surface area contributed by atoms with Crippen molar-refractivity contribution in [1.29, 1.82) is 0 Å². The maximum Gasteiger partial charge on any atom is 0.138 e. The van der Waals surface area contributed by atoms with Gasteiger partial charge in [0.15, 0.2) is 0 Å². The molecule has 19 heavy (non-hydrogen) atoms. The number of benzene rings is 1. The van der Waals surface area contributed by atoms with E-state index in [4.69, 9.17) is 0 Å². The third-order valence-electron chi connectivity index (χ3n) is 3.54. The maximum atomic E-state index is 4.37. The Hall–Kier alpha value is -1.68. The van der Waals surface area contributed by atoms with E-state index in [9.17, 15) is 0 Å². The fraction of sp³-hybridized carbons (Fsp3) is 0.467. The van der Waals surface area contributed by atoms with E-state index in [1.165, 1.54) is 11.1 Å². The lowest BCUT2D eigenvalue weighted by Crippen LogP contribution is -2.22. The third kappa shape index (κ3) is 3.01. The van der Waals surface area contributed by atoms with Gasteiger partial charge in [0.2, 0.25) is 0 Å². The molecule has 1 aromatic carbocycles. The van der Waals surface area contributed by atoms with Crippen molar-refractivity contribution in [1.82, 2.24) is 20.1 Å². The van der Waals surface area contributed by atoms with Crippen molar-refractivity contribution in [2.45, 2.75) is 39.3 Å². The van der Waals surface area contributed by atoms with Crippen LogP contribution in [0.3, 0.4) is 0 Å². The van der Waals surface area contributed by atoms with Crippen LogP contribution in [0.15, 0.2) is 30.6 Å². The standard InChI is InChI=1S/C15H22N4/c1-4-12-8-6-7-9-13(12)14(16-3)10-15-17-11-18-19(15)5-2/h6-9,11,14,16H,4-5,10H2,1-3H3. The lowest BCUT2D eigenvalue weighted by molar-refractivity contribution is 0.531. The summed E-state index contributed by atoms with van der Waals surface area (Å²) in [6, 6.07) is 8.88. The minimum Gasteiger partial charge on any atom is -0.313 e. The molecule has 0 bridgehead atoms. The SMILES string of the molecule is CCc1ccccc1C(Cc1ncnn1CC)NC. The predicted molar refractivity (Wildman–Crippen MR) is 77.0 cm³/mol. The maximum absolute atomic E-state index is 4.37. The summed E-state index contributed by atoms with van der Waals surface area (Å²) in [5.74, 6) is 1.03. The molecular weight excluding hydrogens is 236 g/mol. The van der Waals surface area contributed by atoms with Gasteiger partial charge in [0.05, 0.1) is 0 Å². The van der Waals surface area contributed by atoms with Crippen molar-refractivity contribution in [2.75, 3.05) is 7.05 Å². The van der Waals surface area contributed by atoms with Crippen molar-refractivity contribution < 1.29 is 0 Å². The summed E-state index contributed by atoms with van der Waals surface area (Å²) < 4.78 is 1.96. The first kappa shape index (κ1) is 13.7. The summed E-state index contributed by atoms with van der Waals surface area (Å²) >= 11 is 0. The smallest absolute Gasteiger partial charge is 0.138 e. The Morgan fingerprint density at radius 3 is 2.74 bits per heavy atom. The molecule has 2 rings (SSSR count). The van der Waals surface area contributed by atoms with Gasteiger partial charge < -0.3 is 5.32 Å². The molecule has 4 nitrogen and oxygen atoms in total. The number of likely N-dealkylation sites (N-methyl/N-ethyl adjacent to an activating group) is 1. The molecule has 102 valence electrons. The van der Waals surface area contributed by atoms with Gasteiger partial charge in [0.1, 0.15) is 12.2 Å². The quantitative estimate of drug-likeness (QED) is 0.865. The van der Waals surface area contributed by atoms with Crippen LogP contribution in [0, 0.1) is 0 Å². The predicted octanol–water partition coefficient (Wildman–Crippen LogP) is 2.36. The molecule has 1 heterocycles. The van der Waals surface area contributed by atoms with Gasteiger partial charge in [-0.15, -0.1) is 0 Å². The zero-order valence-electron chi connectivity index (χ0n) is 11.9. The van der Waals surface area contributed by atoms with Crippen LogP contribution in [-0.2, 0) is 19.4 Å². The average molecular weight is 258 g/mol. The summed E-state index contributed by atoms with van der Waals surface area (Å²) in [6.45, 7) is 5.15. The highest BCUT2D eigenvalue weighted by Crippen LogP contribution is 2.21. The molecule has 0 aliphatic rings. The van der Waals surface area contributed by atoms with Crippen molar-refractivity contribution in [3.05, 3.63) is 47.5 Å². The van der Waals surface area contributed by atoms with Crippen molar-refractivity contribution in [3.8, 4) is 0 Å². The molecular formula is C15H22N4. The fourth-order valence-electron chi connectivity index (χ4n) is 2.46. The molecule has 1 unspecified atom stereocenters. The molecule has 2 aromatic rings. The van der Waals surface area contributed by atoms with E-state index in [1.54, 1.807) is 6.33 Å². The van der Waals surface area contributed by atoms with Gasteiger partial charge in [0, 0.05) is 19.0 Å². The van der Waals surface area contributed by atoms with E-state index in [1.807, 2.05) is 11.7 Å². The summed E-state index contributed by atoms with van der Waals surface area (Å²) in [4.78, 5) is 4.37. The van der Waals surface area contributed by atoms with E-state index < -0.39 is 0 Å². The van der Waals surface area contributed by atoms with E-state index in [2.05, 4.69) is 53.5 Å². The number of hydrogen-bond acceptors (Lipinski definition) is 3. The molecule has 0 aliphatic heterocycles. The Labute approximate surface area is 114 Å². The number of aryl methyl sites for hydroxylation is 2. The highest BCUT2D eigenvalue weighted by molar-refractivity contribution is 5.30. The summed E-state index contributed by atoms with van der Waals surface area (Å²) in [7, 11) is 2.00. The average Bonchev–Trinajstić information content (AvgIpc) is 2.92. The highest BCUT2D eigenvalue weighted by atomic mass is 15.3. The normalized spacial score (nSPS) is 12.6. The minimum absolute atomic E-state index is 0.283. The van der Waals surface area contributed by atoms with Crippen LogP contribution in [0.1, 0.15) is 36.8 Å². The number of nitrogens with one attached hydrogen (secondary N) is 1. The largest absolute Gasteiger partial charge is 0.313 e. The van der Waals surface area contributed by atoms with Gasteiger partial charge >= 0.3 is 0 Å². The molecule has 0 saturated carbocycles. The number of aromatic nitrogens is 3. The second-order valence-corrected chi connectivity index (χ2v) is 4.59. The van der Waals surface area contributed by atoms with Crippen LogP contribution in [0.4, 0.5) is 0 Å². The lowest BCUT2D eigenvalue weighted by atomic mass is 9.96. The van der Waals surface area contributed by atoms with E-state index >= 15 is 0 Å². The molecule has 0 radical (unpaired) electrons. The van der Waals surface area contributed by atoms with Crippen molar-refractivity contribution in [3.63, 3.8) is 0 Å². The lowest BCUT2D eigenvalue weighted by Gasteiger charge is -2.19. The third-order valence-corrected chi connectivity index (χ3v) is 3.54. The van der Waals surface area contributed by atoms with Crippen molar-refractivity contribution >= 4 is 0 Å². The zero-order chi connectivity index (χ0) is 13.7. The highest BCUT2D eigenvalue weighted by Gasteiger charge is 2.16. The van der Waals surface area contributed by atoms with E-state index in [0.717, 1.165) is 25.2 Å². The molecule has 1 aromatic heterocycles. The number of nitrogens with zero attached hydrogens (tertiary/aromatic N) is 3. The van der Waals surface area contributed by atoms with Gasteiger partial charge in [-0.05, 0) is 31.5 Å². The zero-order valence-corrected chi connectivity index (χ0v) is 11.9. The molecule has 0 aliphatic carbocycles. The van der Waals surface area contributed by atoms with Gasteiger partial charge in [-0.3, -0.25) is 4.68 Å². The Morgan fingerprint density at radius 2 is 2.05 bits per heavy atom. The monoisotopic (exact) mass is 258 g/mol. The molecule has 1 N–H and O–H groups in total. The van der Waals surface area contributed by atoms with Gasteiger partial charge in [0.25, 0.3) is 0 Å². The Kier molecular flexibility index (Phi) is 4.68. The fourth-order valence-corrected chi connectivity index (χ4v) is 2.46. The topological polar surface area (TPSA) is 42.7 Å². The van der Waals surface area contributed by atoms with Crippen LogP contribution in [-0.4, -0.2) is 21.8 Å². The van der Waals surface area contributed by atoms with Gasteiger partial charge in [-0.2, -0.15) is 5.10 Å². The Balaban J connectivity index is 2.25. The Morgan fingerprint density at radius 1 is 1.26 bits per heavy atom. The second-order valence-electron chi connectivity index (χ2n) is 4.59. The number of hydrogen-bond donors (Lipinski definition) is 1. The summed E-state index contributed by atoms with van der Waals surface area (Å²) in [6.07, 6.45) is 3.55. The summed E-state index contributed by atoms with van der Waals surface area (Å²) in [5, 5.41) is 7.64. The van der Waals surface area contributed by atoms with Crippen LogP contribution in [0.25, 0.3) is 0 Å².